The van der Waals surface area contributed by atoms with Crippen LogP contribution in [0.1, 0.15) is 19.3 Å². The minimum Gasteiger partial charge on any atom is -0.330 e. The van der Waals surface area contributed by atoms with Gasteiger partial charge in [-0.05, 0) is 55.4 Å². The number of nitrogens with two attached hydrogens (primary N) is 1. The normalized spacial score (nSPS) is 62.7. The van der Waals surface area contributed by atoms with Gasteiger partial charge in [-0.2, -0.15) is 0 Å². The maximum atomic E-state index is 5.65. The van der Waals surface area contributed by atoms with E-state index in [9.17, 15) is 0 Å². The van der Waals surface area contributed by atoms with Crippen molar-refractivity contribution in [1.82, 2.24) is 0 Å². The van der Waals surface area contributed by atoms with Gasteiger partial charge in [-0.25, -0.2) is 0 Å². The molecule has 3 aliphatic rings. The maximum Gasteiger partial charge on any atom is -0.00459 e. The molecule has 0 bridgehead atoms. The zero-order chi connectivity index (χ0) is 6.72. The molecule has 0 radical (unpaired) electrons. The quantitative estimate of drug-likeness (QED) is 0.578. The van der Waals surface area contributed by atoms with Crippen molar-refractivity contribution in [1.29, 1.82) is 0 Å². The lowest BCUT2D eigenvalue weighted by Crippen LogP contribution is -2.64. The molecular weight excluding hydrogens is 122 g/mol. The minimum absolute atomic E-state index is 0.937. The Labute approximate surface area is 62.0 Å². The van der Waals surface area contributed by atoms with Crippen molar-refractivity contribution in [2.45, 2.75) is 19.3 Å². The zero-order valence-electron chi connectivity index (χ0n) is 6.29. The summed E-state index contributed by atoms with van der Waals surface area (Å²) in [6.45, 7) is 0.963. The SMILES string of the molecule is NCC1CC2C3CCC3C12. The smallest absolute Gasteiger partial charge is 0.00459 e. The number of hydrogen-bond acceptors (Lipinski definition) is 1. The topological polar surface area (TPSA) is 26.0 Å². The molecule has 0 aromatic heterocycles. The Hall–Kier alpha value is -0.0400. The van der Waals surface area contributed by atoms with Crippen LogP contribution in [0.5, 0.6) is 0 Å². The fourth-order valence-corrected chi connectivity index (χ4v) is 3.61. The molecule has 3 fully saturated rings. The van der Waals surface area contributed by atoms with E-state index in [-0.39, 0.29) is 0 Å². The molecule has 1 heteroatoms. The molecule has 0 heterocycles. The highest BCUT2D eigenvalue weighted by Crippen LogP contribution is 2.68. The van der Waals surface area contributed by atoms with Gasteiger partial charge in [-0.15, -0.1) is 0 Å². The summed E-state index contributed by atoms with van der Waals surface area (Å²) in [5.74, 6) is 5.50. The summed E-state index contributed by atoms with van der Waals surface area (Å²) in [5, 5.41) is 0. The summed E-state index contributed by atoms with van der Waals surface area (Å²) in [5.41, 5.74) is 5.65. The van der Waals surface area contributed by atoms with E-state index < -0.39 is 0 Å². The third kappa shape index (κ3) is 0.402. The van der Waals surface area contributed by atoms with Crippen LogP contribution in [0.15, 0.2) is 0 Å². The standard InChI is InChI=1S/C9H15N/c10-4-5-3-8-6-1-2-7(6)9(5)8/h5-9H,1-4,10H2. The van der Waals surface area contributed by atoms with E-state index in [1.165, 1.54) is 18.8 Å². The molecule has 5 atom stereocenters. The van der Waals surface area contributed by atoms with Gasteiger partial charge in [0.05, 0.1) is 0 Å². The van der Waals surface area contributed by atoms with E-state index in [1.807, 2.05) is 0 Å². The first-order valence-corrected chi connectivity index (χ1v) is 4.62. The molecule has 10 heavy (non-hydrogen) atoms. The van der Waals surface area contributed by atoms with Crippen LogP contribution in [0.2, 0.25) is 0 Å². The highest BCUT2D eigenvalue weighted by atomic mass is 14.7. The first-order valence-electron chi connectivity index (χ1n) is 4.62. The van der Waals surface area contributed by atoms with E-state index >= 15 is 0 Å². The van der Waals surface area contributed by atoms with Crippen LogP contribution in [0.4, 0.5) is 0 Å². The van der Waals surface area contributed by atoms with Crippen molar-refractivity contribution in [2.24, 2.45) is 35.3 Å². The predicted octanol–water partition coefficient (Wildman–Crippen LogP) is 1.24. The van der Waals surface area contributed by atoms with Gasteiger partial charge < -0.3 is 5.73 Å². The number of rotatable bonds is 1. The van der Waals surface area contributed by atoms with Crippen LogP contribution in [0.25, 0.3) is 0 Å². The number of fused-ring (bicyclic) bond motifs is 4. The lowest BCUT2D eigenvalue weighted by atomic mass is 9.36. The minimum atomic E-state index is 0.937. The molecule has 0 amide bonds. The van der Waals surface area contributed by atoms with Gasteiger partial charge in [0.25, 0.3) is 0 Å². The zero-order valence-corrected chi connectivity index (χ0v) is 6.29. The lowest BCUT2D eigenvalue weighted by Gasteiger charge is -2.69. The summed E-state index contributed by atoms with van der Waals surface area (Å²) in [7, 11) is 0. The van der Waals surface area contributed by atoms with Gasteiger partial charge in [0.1, 0.15) is 0 Å². The molecule has 0 saturated heterocycles. The molecule has 0 spiro atoms. The molecular formula is C9H15N. The van der Waals surface area contributed by atoms with Crippen molar-refractivity contribution in [3.8, 4) is 0 Å². The van der Waals surface area contributed by atoms with Crippen LogP contribution in [0, 0.1) is 29.6 Å². The van der Waals surface area contributed by atoms with Crippen LogP contribution in [-0.2, 0) is 0 Å². The molecule has 2 N–H and O–H groups in total. The summed E-state index contributed by atoms with van der Waals surface area (Å²) >= 11 is 0. The first kappa shape index (κ1) is 5.59. The van der Waals surface area contributed by atoms with E-state index in [4.69, 9.17) is 5.73 Å². The van der Waals surface area contributed by atoms with Gasteiger partial charge in [0, 0.05) is 0 Å². The average Bonchev–Trinajstić information content (AvgIpc) is 1.89. The lowest BCUT2D eigenvalue weighted by molar-refractivity contribution is -0.202. The monoisotopic (exact) mass is 137 g/mol. The molecule has 3 aliphatic carbocycles. The van der Waals surface area contributed by atoms with Gasteiger partial charge in [-0.1, -0.05) is 0 Å². The van der Waals surface area contributed by atoms with Crippen molar-refractivity contribution in [2.75, 3.05) is 6.54 Å². The van der Waals surface area contributed by atoms with Gasteiger partial charge >= 0.3 is 0 Å². The number of hydrogen-bond donors (Lipinski definition) is 1. The first-order chi connectivity index (χ1) is 4.92. The van der Waals surface area contributed by atoms with Crippen molar-refractivity contribution < 1.29 is 0 Å². The Morgan fingerprint density at radius 2 is 1.90 bits per heavy atom. The highest BCUT2D eigenvalue weighted by Gasteiger charge is 2.62. The van der Waals surface area contributed by atoms with Crippen LogP contribution < -0.4 is 5.73 Å². The van der Waals surface area contributed by atoms with Crippen molar-refractivity contribution in [3.63, 3.8) is 0 Å². The Bertz CT molecular complexity index is 153. The van der Waals surface area contributed by atoms with Crippen LogP contribution >= 0.6 is 0 Å². The molecule has 1 nitrogen and oxygen atoms in total. The van der Waals surface area contributed by atoms with Gasteiger partial charge in [0.2, 0.25) is 0 Å². The van der Waals surface area contributed by atoms with Crippen molar-refractivity contribution >= 4 is 0 Å². The molecule has 3 saturated carbocycles. The van der Waals surface area contributed by atoms with Gasteiger partial charge in [-0.3, -0.25) is 0 Å². The molecule has 0 aromatic carbocycles. The maximum absolute atomic E-state index is 5.65. The Morgan fingerprint density at radius 3 is 2.40 bits per heavy atom. The fourth-order valence-electron chi connectivity index (χ4n) is 3.61. The van der Waals surface area contributed by atoms with E-state index in [0.29, 0.717) is 0 Å². The van der Waals surface area contributed by atoms with E-state index in [0.717, 1.165) is 30.2 Å². The molecule has 5 unspecified atom stereocenters. The van der Waals surface area contributed by atoms with Crippen LogP contribution in [-0.4, -0.2) is 6.54 Å². The second-order valence-electron chi connectivity index (χ2n) is 4.38. The third-order valence-corrected chi connectivity index (χ3v) is 4.34. The molecule has 3 rings (SSSR count). The summed E-state index contributed by atoms with van der Waals surface area (Å²) in [4.78, 5) is 0. The summed E-state index contributed by atoms with van der Waals surface area (Å²) in [6.07, 6.45) is 4.55. The molecule has 56 valence electrons. The fraction of sp³-hybridized carbons (Fsp3) is 1.00. The molecule has 0 aliphatic heterocycles. The third-order valence-electron chi connectivity index (χ3n) is 4.34. The van der Waals surface area contributed by atoms with Gasteiger partial charge in [0.15, 0.2) is 0 Å². The van der Waals surface area contributed by atoms with Crippen molar-refractivity contribution in [3.05, 3.63) is 0 Å². The Balaban J connectivity index is 1.72. The highest BCUT2D eigenvalue weighted by molar-refractivity contribution is 5.11. The van der Waals surface area contributed by atoms with Crippen LogP contribution in [0.3, 0.4) is 0 Å². The second kappa shape index (κ2) is 1.58. The summed E-state index contributed by atoms with van der Waals surface area (Å²) in [6, 6.07) is 0. The van der Waals surface area contributed by atoms with E-state index in [1.54, 1.807) is 6.42 Å². The molecule has 0 aromatic rings. The largest absolute Gasteiger partial charge is 0.330 e. The average molecular weight is 137 g/mol. The predicted molar refractivity (Wildman–Crippen MR) is 40.4 cm³/mol. The Kier molecular flexibility index (Phi) is 0.883. The Morgan fingerprint density at radius 1 is 1.10 bits per heavy atom. The summed E-state index contributed by atoms with van der Waals surface area (Å²) < 4.78 is 0. The van der Waals surface area contributed by atoms with E-state index in [2.05, 4.69) is 0 Å². The second-order valence-corrected chi connectivity index (χ2v) is 4.38.